The van der Waals surface area contributed by atoms with Crippen molar-refractivity contribution in [2.24, 2.45) is 5.14 Å². The van der Waals surface area contributed by atoms with Gasteiger partial charge < -0.3 is 5.32 Å². The Morgan fingerprint density at radius 1 is 1.12 bits per heavy atom. The number of benzene rings is 2. The molecule has 0 aliphatic rings. The van der Waals surface area contributed by atoms with Crippen molar-refractivity contribution < 1.29 is 26.4 Å². The number of carbonyl (C=O) groups is 1. The molecule has 1 unspecified atom stereocenters. The average Bonchev–Trinajstić information content (AvgIpc) is 3.06. The van der Waals surface area contributed by atoms with Crippen LogP contribution in [0.15, 0.2) is 59.5 Å². The number of nitrogens with one attached hydrogen (secondary N) is 2. The number of amides is 2. The molecule has 0 bridgehead atoms. The summed E-state index contributed by atoms with van der Waals surface area (Å²) < 4.78 is 63.4. The lowest BCUT2D eigenvalue weighted by atomic mass is 10.1. The van der Waals surface area contributed by atoms with E-state index in [0.717, 1.165) is 12.1 Å². The minimum Gasteiger partial charge on any atom is -0.331 e. The summed E-state index contributed by atoms with van der Waals surface area (Å²) in [6.45, 7) is 3.27. The molecule has 0 spiro atoms. The lowest BCUT2D eigenvalue weighted by Crippen LogP contribution is -2.32. The number of urea groups is 1. The van der Waals surface area contributed by atoms with Crippen molar-refractivity contribution in [2.75, 3.05) is 5.32 Å². The molecule has 8 nitrogen and oxygen atoms in total. The number of alkyl halides is 3. The molecule has 32 heavy (non-hydrogen) atoms. The number of sulfonamides is 1. The zero-order chi connectivity index (χ0) is 23.7. The molecule has 1 aromatic heterocycles. The van der Waals surface area contributed by atoms with E-state index in [4.69, 9.17) is 5.14 Å². The van der Waals surface area contributed by atoms with Crippen LogP contribution in [0.25, 0.3) is 5.69 Å². The number of anilines is 1. The van der Waals surface area contributed by atoms with Crippen LogP contribution in [0, 0.1) is 6.92 Å². The zero-order valence-corrected chi connectivity index (χ0v) is 17.8. The molecule has 3 aromatic rings. The van der Waals surface area contributed by atoms with Gasteiger partial charge in [-0.1, -0.05) is 18.2 Å². The second-order valence-electron chi connectivity index (χ2n) is 7.07. The molecule has 2 aromatic carbocycles. The molecule has 0 fully saturated rings. The fourth-order valence-electron chi connectivity index (χ4n) is 2.99. The predicted molar refractivity (Wildman–Crippen MR) is 112 cm³/mol. The van der Waals surface area contributed by atoms with Crippen LogP contribution in [0.4, 0.5) is 23.8 Å². The minimum atomic E-state index is -4.52. The number of aromatic nitrogens is 2. The van der Waals surface area contributed by atoms with Crippen LogP contribution in [0.1, 0.15) is 29.8 Å². The van der Waals surface area contributed by atoms with E-state index in [1.165, 1.54) is 41.1 Å². The van der Waals surface area contributed by atoms with Crippen LogP contribution in [-0.4, -0.2) is 24.2 Å². The summed E-state index contributed by atoms with van der Waals surface area (Å²) in [5, 5.41) is 14.5. The van der Waals surface area contributed by atoms with Crippen LogP contribution in [-0.2, 0) is 16.2 Å². The lowest BCUT2D eigenvalue weighted by Gasteiger charge is -2.16. The van der Waals surface area contributed by atoms with Gasteiger partial charge >= 0.3 is 12.2 Å². The van der Waals surface area contributed by atoms with E-state index >= 15 is 0 Å². The van der Waals surface area contributed by atoms with Crippen molar-refractivity contribution >= 4 is 21.9 Å². The number of rotatable bonds is 5. The highest BCUT2D eigenvalue weighted by atomic mass is 32.2. The molecule has 2 amide bonds. The van der Waals surface area contributed by atoms with E-state index in [-0.39, 0.29) is 16.4 Å². The Hall–Kier alpha value is -3.38. The van der Waals surface area contributed by atoms with Gasteiger partial charge in [0.2, 0.25) is 10.0 Å². The SMILES string of the molecule is Cc1cc(NC(=O)NC(C)c2cccc(S(N)(=O)=O)c2)n(-c2cccc(C(F)(F)F)c2)n1. The maximum Gasteiger partial charge on any atom is 0.416 e. The summed E-state index contributed by atoms with van der Waals surface area (Å²) >= 11 is 0. The molecule has 1 heterocycles. The Morgan fingerprint density at radius 3 is 2.47 bits per heavy atom. The van der Waals surface area contributed by atoms with Crippen molar-refractivity contribution in [1.29, 1.82) is 0 Å². The molecule has 0 aliphatic carbocycles. The van der Waals surface area contributed by atoms with E-state index in [2.05, 4.69) is 15.7 Å². The standard InChI is InChI=1S/C20H20F3N5O3S/c1-12-9-18(28(27-12)16-7-4-6-15(11-16)20(21,22)23)26-19(29)25-13(2)14-5-3-8-17(10-14)32(24,30)31/h3-11,13H,1-2H3,(H2,24,30,31)(H2,25,26,29). The third-order valence-corrected chi connectivity index (χ3v) is 5.44. The van der Waals surface area contributed by atoms with Gasteiger partial charge in [0.25, 0.3) is 0 Å². The number of nitrogens with two attached hydrogens (primary N) is 1. The molecule has 1 atom stereocenters. The largest absolute Gasteiger partial charge is 0.416 e. The Kier molecular flexibility index (Phi) is 6.28. The van der Waals surface area contributed by atoms with Crippen molar-refractivity contribution in [3.05, 3.63) is 71.4 Å². The van der Waals surface area contributed by atoms with Gasteiger partial charge in [0, 0.05) is 6.07 Å². The molecule has 0 saturated heterocycles. The average molecular weight is 467 g/mol. The second kappa shape index (κ2) is 8.63. The molecule has 0 aliphatic heterocycles. The normalized spacial score (nSPS) is 12.9. The third-order valence-electron chi connectivity index (χ3n) is 4.53. The number of primary sulfonamides is 1. The van der Waals surface area contributed by atoms with E-state index in [1.807, 2.05) is 0 Å². The van der Waals surface area contributed by atoms with Gasteiger partial charge in [-0.15, -0.1) is 0 Å². The first-order valence-corrected chi connectivity index (χ1v) is 10.8. The van der Waals surface area contributed by atoms with Crippen LogP contribution >= 0.6 is 0 Å². The first-order chi connectivity index (χ1) is 14.8. The van der Waals surface area contributed by atoms with Crippen LogP contribution in [0.2, 0.25) is 0 Å². The fraction of sp³-hybridized carbons (Fsp3) is 0.200. The van der Waals surface area contributed by atoms with Crippen molar-refractivity contribution in [3.63, 3.8) is 0 Å². The number of hydrogen-bond donors (Lipinski definition) is 3. The van der Waals surface area contributed by atoms with Crippen LogP contribution in [0.3, 0.4) is 0 Å². The molecule has 4 N–H and O–H groups in total. The van der Waals surface area contributed by atoms with Crippen LogP contribution in [0.5, 0.6) is 0 Å². The fourth-order valence-corrected chi connectivity index (χ4v) is 3.56. The molecule has 0 radical (unpaired) electrons. The maximum absolute atomic E-state index is 13.1. The maximum atomic E-state index is 13.1. The molecule has 3 rings (SSSR count). The van der Waals surface area contributed by atoms with Crippen LogP contribution < -0.4 is 15.8 Å². The van der Waals surface area contributed by atoms with E-state index in [0.29, 0.717) is 11.3 Å². The highest BCUT2D eigenvalue weighted by molar-refractivity contribution is 7.89. The number of nitrogens with zero attached hydrogens (tertiary/aromatic N) is 2. The highest BCUT2D eigenvalue weighted by Crippen LogP contribution is 2.31. The van der Waals surface area contributed by atoms with E-state index in [9.17, 15) is 26.4 Å². The first kappa shape index (κ1) is 23.3. The first-order valence-electron chi connectivity index (χ1n) is 9.29. The molecule has 12 heteroatoms. The zero-order valence-electron chi connectivity index (χ0n) is 17.0. The number of carbonyl (C=O) groups excluding carboxylic acids is 1. The minimum absolute atomic E-state index is 0.0951. The lowest BCUT2D eigenvalue weighted by molar-refractivity contribution is -0.137. The van der Waals surface area contributed by atoms with Gasteiger partial charge in [-0.05, 0) is 49.7 Å². The van der Waals surface area contributed by atoms with Gasteiger partial charge in [-0.25, -0.2) is 23.0 Å². The molecule has 0 saturated carbocycles. The van der Waals surface area contributed by atoms with E-state index in [1.54, 1.807) is 19.9 Å². The quantitative estimate of drug-likeness (QED) is 0.530. The smallest absolute Gasteiger partial charge is 0.331 e. The van der Waals surface area contributed by atoms with E-state index < -0.39 is 33.8 Å². The molecule has 170 valence electrons. The number of aryl methyl sites for hydroxylation is 1. The third kappa shape index (κ3) is 5.45. The van der Waals surface area contributed by atoms with Gasteiger partial charge in [-0.2, -0.15) is 18.3 Å². The Morgan fingerprint density at radius 2 is 1.81 bits per heavy atom. The monoisotopic (exact) mass is 467 g/mol. The number of hydrogen-bond acceptors (Lipinski definition) is 4. The predicted octanol–water partition coefficient (Wildman–Crippen LogP) is 3.73. The summed E-state index contributed by atoms with van der Waals surface area (Å²) in [5.41, 5.74) is 0.250. The molecular weight excluding hydrogens is 447 g/mol. The van der Waals surface area contributed by atoms with Gasteiger partial charge in [0.15, 0.2) is 0 Å². The van der Waals surface area contributed by atoms with Crippen molar-refractivity contribution in [2.45, 2.75) is 31.0 Å². The Balaban J connectivity index is 1.80. The second-order valence-corrected chi connectivity index (χ2v) is 8.63. The Bertz CT molecular complexity index is 1260. The van der Waals surface area contributed by atoms with Gasteiger partial charge in [0.1, 0.15) is 5.82 Å². The summed E-state index contributed by atoms with van der Waals surface area (Å²) in [5.74, 6) is 0.157. The number of halogens is 3. The molecular formula is C20H20F3N5O3S. The summed E-state index contributed by atoms with van der Waals surface area (Å²) in [6, 6.07) is 10.6. The van der Waals surface area contributed by atoms with Gasteiger partial charge in [-0.3, -0.25) is 5.32 Å². The van der Waals surface area contributed by atoms with Crippen molar-refractivity contribution in [1.82, 2.24) is 15.1 Å². The topological polar surface area (TPSA) is 119 Å². The Labute approximate surface area is 182 Å². The summed E-state index contributed by atoms with van der Waals surface area (Å²) in [6.07, 6.45) is -4.52. The summed E-state index contributed by atoms with van der Waals surface area (Å²) in [7, 11) is -3.90. The highest BCUT2D eigenvalue weighted by Gasteiger charge is 2.30. The summed E-state index contributed by atoms with van der Waals surface area (Å²) in [4.78, 5) is 12.4. The van der Waals surface area contributed by atoms with Gasteiger partial charge in [0.05, 0.1) is 27.9 Å². The van der Waals surface area contributed by atoms with Crippen molar-refractivity contribution in [3.8, 4) is 5.69 Å².